The molecule has 0 radical (unpaired) electrons. The largest absolute Gasteiger partial charge is 0.346 e. The summed E-state index contributed by atoms with van der Waals surface area (Å²) in [5, 5.41) is 9.02. The third-order valence-corrected chi connectivity index (χ3v) is 3.72. The van der Waals surface area contributed by atoms with Crippen LogP contribution in [0.2, 0.25) is 0 Å². The Hall–Kier alpha value is -2.34. The van der Waals surface area contributed by atoms with E-state index in [2.05, 4.69) is 27.1 Å². The van der Waals surface area contributed by atoms with Crippen molar-refractivity contribution in [1.82, 2.24) is 9.55 Å². The number of fused-ring (bicyclic) bond motifs is 1. The highest BCUT2D eigenvalue weighted by Crippen LogP contribution is 2.26. The first-order chi connectivity index (χ1) is 9.78. The molecule has 0 bridgehead atoms. The van der Waals surface area contributed by atoms with Crippen LogP contribution in [0.25, 0.3) is 10.9 Å². The van der Waals surface area contributed by atoms with Gasteiger partial charge in [0.15, 0.2) is 5.13 Å². The summed E-state index contributed by atoms with van der Waals surface area (Å²) in [6.07, 6.45) is 3.61. The third kappa shape index (κ3) is 2.37. The minimum atomic E-state index is -0.279. The van der Waals surface area contributed by atoms with Crippen LogP contribution in [0.4, 0.5) is 15.6 Å². The summed E-state index contributed by atoms with van der Waals surface area (Å²) in [7, 11) is 0. The van der Waals surface area contributed by atoms with E-state index in [4.69, 9.17) is 0 Å². The van der Waals surface area contributed by atoms with Gasteiger partial charge in [-0.1, -0.05) is 18.2 Å². The lowest BCUT2D eigenvalue weighted by molar-refractivity contribution is 0.262. The van der Waals surface area contributed by atoms with Crippen molar-refractivity contribution in [3.05, 3.63) is 42.0 Å². The molecule has 0 saturated heterocycles. The second-order valence-electron chi connectivity index (χ2n) is 4.26. The summed E-state index contributed by atoms with van der Waals surface area (Å²) in [6, 6.07) is 7.72. The maximum absolute atomic E-state index is 12.0. The van der Waals surface area contributed by atoms with Gasteiger partial charge < -0.3 is 9.88 Å². The lowest BCUT2D eigenvalue weighted by Gasteiger charge is -2.03. The molecule has 0 atom stereocenters. The van der Waals surface area contributed by atoms with E-state index in [1.54, 1.807) is 6.20 Å². The number of hydrogen-bond donors (Lipinski definition) is 2. The number of nitrogens with zero attached hydrogens (tertiary/aromatic N) is 2. The number of hydrogen-bond acceptors (Lipinski definition) is 3. The van der Waals surface area contributed by atoms with Crippen LogP contribution in [0.1, 0.15) is 6.92 Å². The summed E-state index contributed by atoms with van der Waals surface area (Å²) in [5.41, 5.74) is 1.91. The van der Waals surface area contributed by atoms with Crippen molar-refractivity contribution in [2.45, 2.75) is 13.5 Å². The minimum Gasteiger partial charge on any atom is -0.346 e. The monoisotopic (exact) mass is 286 g/mol. The molecular weight excluding hydrogens is 272 g/mol. The molecular formula is C14H14N4OS. The Labute approximate surface area is 120 Å². The molecule has 0 saturated carbocycles. The van der Waals surface area contributed by atoms with Crippen molar-refractivity contribution in [1.29, 1.82) is 0 Å². The van der Waals surface area contributed by atoms with Crippen molar-refractivity contribution in [3.8, 4) is 0 Å². The first-order valence-corrected chi connectivity index (χ1v) is 7.21. The Bertz CT molecular complexity index is 733. The van der Waals surface area contributed by atoms with Gasteiger partial charge in [0.2, 0.25) is 0 Å². The third-order valence-electron chi connectivity index (χ3n) is 3.03. The van der Waals surface area contributed by atoms with E-state index >= 15 is 0 Å². The molecule has 2 N–H and O–H groups in total. The van der Waals surface area contributed by atoms with Crippen LogP contribution in [0, 0.1) is 0 Å². The van der Waals surface area contributed by atoms with Crippen LogP contribution in [0.3, 0.4) is 0 Å². The molecule has 20 heavy (non-hydrogen) atoms. The average molecular weight is 286 g/mol. The van der Waals surface area contributed by atoms with Crippen LogP contribution < -0.4 is 10.6 Å². The number of aryl methyl sites for hydroxylation is 1. The Kier molecular flexibility index (Phi) is 3.39. The van der Waals surface area contributed by atoms with Gasteiger partial charge in [0.05, 0.1) is 11.2 Å². The molecule has 1 aromatic carbocycles. The van der Waals surface area contributed by atoms with Crippen LogP contribution in [-0.2, 0) is 6.54 Å². The number of amides is 2. The molecule has 102 valence electrons. The van der Waals surface area contributed by atoms with Gasteiger partial charge in [0.1, 0.15) is 0 Å². The standard InChI is InChI=1S/C14H14N4OS/c1-2-18-9-11(10-5-3-4-6-12(10)18)16-13(19)17-14-15-7-8-20-14/h3-9H,2H2,1H3,(H2,15,16,17,19). The normalized spacial score (nSPS) is 10.7. The number of rotatable bonds is 3. The molecule has 0 fully saturated rings. The molecule has 2 amide bonds. The fraction of sp³-hybridized carbons (Fsp3) is 0.143. The molecule has 6 heteroatoms. The Balaban J connectivity index is 1.85. The number of carbonyl (C=O) groups is 1. The number of carbonyl (C=O) groups excluding carboxylic acids is 1. The highest BCUT2D eigenvalue weighted by molar-refractivity contribution is 7.13. The maximum atomic E-state index is 12.0. The number of urea groups is 1. The Morgan fingerprint density at radius 2 is 2.20 bits per heavy atom. The molecule has 5 nitrogen and oxygen atoms in total. The van der Waals surface area contributed by atoms with Gasteiger partial charge in [0, 0.05) is 29.7 Å². The lowest BCUT2D eigenvalue weighted by Crippen LogP contribution is -2.19. The molecule has 0 unspecified atom stereocenters. The summed E-state index contributed by atoms with van der Waals surface area (Å²) >= 11 is 1.39. The first kappa shape index (κ1) is 12.7. The quantitative estimate of drug-likeness (QED) is 0.770. The van der Waals surface area contributed by atoms with Crippen molar-refractivity contribution >= 4 is 39.1 Å². The zero-order chi connectivity index (χ0) is 13.9. The topological polar surface area (TPSA) is 59.0 Å². The fourth-order valence-corrected chi connectivity index (χ4v) is 2.67. The zero-order valence-electron chi connectivity index (χ0n) is 11.0. The second kappa shape index (κ2) is 5.34. The van der Waals surface area contributed by atoms with E-state index in [1.165, 1.54) is 11.3 Å². The average Bonchev–Trinajstić information content (AvgIpc) is 3.07. The van der Waals surface area contributed by atoms with Gasteiger partial charge in [0.25, 0.3) is 0 Å². The number of thiazole rings is 1. The number of anilines is 2. The van der Waals surface area contributed by atoms with Gasteiger partial charge in [-0.05, 0) is 13.0 Å². The van der Waals surface area contributed by atoms with Crippen molar-refractivity contribution in [2.75, 3.05) is 10.6 Å². The second-order valence-corrected chi connectivity index (χ2v) is 5.16. The van der Waals surface area contributed by atoms with Crippen molar-refractivity contribution < 1.29 is 4.79 Å². The number of aromatic nitrogens is 2. The predicted octanol–water partition coefficient (Wildman–Crippen LogP) is 3.76. The summed E-state index contributed by atoms with van der Waals surface area (Å²) < 4.78 is 2.11. The van der Waals surface area contributed by atoms with E-state index in [-0.39, 0.29) is 6.03 Å². The molecule has 0 spiro atoms. The number of benzene rings is 1. The van der Waals surface area contributed by atoms with Gasteiger partial charge >= 0.3 is 6.03 Å². The van der Waals surface area contributed by atoms with E-state index < -0.39 is 0 Å². The van der Waals surface area contributed by atoms with Gasteiger partial charge in [-0.25, -0.2) is 9.78 Å². The molecule has 0 aliphatic carbocycles. The van der Waals surface area contributed by atoms with Gasteiger partial charge in [-0.3, -0.25) is 5.32 Å². The van der Waals surface area contributed by atoms with E-state index in [0.717, 1.165) is 23.1 Å². The lowest BCUT2D eigenvalue weighted by atomic mass is 10.2. The van der Waals surface area contributed by atoms with E-state index in [0.29, 0.717) is 5.13 Å². The highest BCUT2D eigenvalue weighted by atomic mass is 32.1. The van der Waals surface area contributed by atoms with Gasteiger partial charge in [-0.15, -0.1) is 11.3 Å². The SMILES string of the molecule is CCn1cc(NC(=O)Nc2nccs2)c2ccccc21. The Morgan fingerprint density at radius 3 is 2.95 bits per heavy atom. The summed E-state index contributed by atoms with van der Waals surface area (Å²) in [5.74, 6) is 0. The zero-order valence-corrected chi connectivity index (χ0v) is 11.8. The molecule has 2 heterocycles. The maximum Gasteiger partial charge on any atom is 0.325 e. The number of para-hydroxylation sites is 1. The Morgan fingerprint density at radius 1 is 1.35 bits per heavy atom. The van der Waals surface area contributed by atoms with Crippen LogP contribution >= 0.6 is 11.3 Å². The van der Waals surface area contributed by atoms with Crippen LogP contribution in [0.15, 0.2) is 42.0 Å². The van der Waals surface area contributed by atoms with E-state index in [9.17, 15) is 4.79 Å². The molecule has 3 aromatic rings. The van der Waals surface area contributed by atoms with Crippen molar-refractivity contribution in [2.24, 2.45) is 0 Å². The smallest absolute Gasteiger partial charge is 0.325 e. The van der Waals surface area contributed by atoms with Crippen LogP contribution in [-0.4, -0.2) is 15.6 Å². The van der Waals surface area contributed by atoms with Gasteiger partial charge in [-0.2, -0.15) is 0 Å². The molecule has 0 aliphatic heterocycles. The number of nitrogens with one attached hydrogen (secondary N) is 2. The van der Waals surface area contributed by atoms with E-state index in [1.807, 2.05) is 35.8 Å². The predicted molar refractivity (Wildman–Crippen MR) is 82.4 cm³/mol. The summed E-state index contributed by atoms with van der Waals surface area (Å²) in [6.45, 7) is 2.93. The minimum absolute atomic E-state index is 0.279. The first-order valence-electron chi connectivity index (χ1n) is 6.33. The fourth-order valence-electron chi connectivity index (χ4n) is 2.14. The molecule has 2 aromatic heterocycles. The van der Waals surface area contributed by atoms with Crippen LogP contribution in [0.5, 0.6) is 0 Å². The highest BCUT2D eigenvalue weighted by Gasteiger charge is 2.10. The summed E-state index contributed by atoms with van der Waals surface area (Å²) in [4.78, 5) is 16.0. The molecule has 0 aliphatic rings. The molecule has 3 rings (SSSR count). The van der Waals surface area contributed by atoms with Crippen molar-refractivity contribution in [3.63, 3.8) is 0 Å².